The first kappa shape index (κ1) is 13.8. The van der Waals surface area contributed by atoms with E-state index in [1.165, 1.54) is 0 Å². The van der Waals surface area contributed by atoms with Gasteiger partial charge in [0.15, 0.2) is 5.65 Å². The molecule has 4 nitrogen and oxygen atoms in total. The smallest absolute Gasteiger partial charge is 0.309 e. The molecule has 0 saturated heterocycles. The Morgan fingerprint density at radius 3 is 2.74 bits per heavy atom. The maximum atomic E-state index is 12.1. The van der Waals surface area contributed by atoms with Gasteiger partial charge in [-0.3, -0.25) is 0 Å². The first-order valence-corrected chi connectivity index (χ1v) is 5.98. The number of aromatic nitrogens is 3. The molecule has 0 radical (unpaired) electrons. The Morgan fingerprint density at radius 2 is 2.11 bits per heavy atom. The van der Waals surface area contributed by atoms with Crippen molar-refractivity contribution in [1.82, 2.24) is 19.9 Å². The molecular weight excluding hydrogens is 257 g/mol. The van der Waals surface area contributed by atoms with Gasteiger partial charge in [0.25, 0.3) is 0 Å². The zero-order chi connectivity index (χ0) is 14.0. The van der Waals surface area contributed by atoms with Crippen LogP contribution in [0.5, 0.6) is 0 Å². The van der Waals surface area contributed by atoms with Gasteiger partial charge in [0.1, 0.15) is 11.3 Å². The molecule has 0 fully saturated rings. The second-order valence-electron chi connectivity index (χ2n) is 4.56. The SMILES string of the molecule is CC(C)n1c(CNCC(F)(F)F)nc2cccnc21. The van der Waals surface area contributed by atoms with Crippen LogP contribution in [-0.2, 0) is 6.54 Å². The molecule has 104 valence electrons. The summed E-state index contributed by atoms with van der Waals surface area (Å²) in [7, 11) is 0. The van der Waals surface area contributed by atoms with Crippen molar-refractivity contribution in [3.05, 3.63) is 24.2 Å². The molecular formula is C12H15F3N4. The lowest BCUT2D eigenvalue weighted by atomic mass is 10.3. The Bertz CT molecular complexity index is 560. The number of pyridine rings is 1. The minimum absolute atomic E-state index is 0.0635. The van der Waals surface area contributed by atoms with E-state index in [2.05, 4.69) is 15.3 Å². The van der Waals surface area contributed by atoms with Gasteiger partial charge in [-0.15, -0.1) is 0 Å². The third-order valence-electron chi connectivity index (χ3n) is 2.65. The Balaban J connectivity index is 2.24. The molecule has 0 aliphatic heterocycles. The number of nitrogens with one attached hydrogen (secondary N) is 1. The van der Waals surface area contributed by atoms with E-state index < -0.39 is 12.7 Å². The van der Waals surface area contributed by atoms with Gasteiger partial charge in [-0.05, 0) is 26.0 Å². The highest BCUT2D eigenvalue weighted by Gasteiger charge is 2.26. The molecule has 0 spiro atoms. The van der Waals surface area contributed by atoms with Crippen LogP contribution in [0.2, 0.25) is 0 Å². The minimum atomic E-state index is -4.22. The van der Waals surface area contributed by atoms with E-state index in [0.717, 1.165) is 0 Å². The van der Waals surface area contributed by atoms with E-state index in [1.807, 2.05) is 18.4 Å². The van der Waals surface area contributed by atoms with Crippen LogP contribution in [0.1, 0.15) is 25.7 Å². The number of fused-ring (bicyclic) bond motifs is 1. The van der Waals surface area contributed by atoms with E-state index in [4.69, 9.17) is 0 Å². The number of rotatable bonds is 4. The monoisotopic (exact) mass is 272 g/mol. The lowest BCUT2D eigenvalue weighted by Gasteiger charge is -2.13. The van der Waals surface area contributed by atoms with E-state index in [1.54, 1.807) is 18.3 Å². The van der Waals surface area contributed by atoms with Crippen molar-refractivity contribution in [3.63, 3.8) is 0 Å². The maximum absolute atomic E-state index is 12.1. The van der Waals surface area contributed by atoms with Gasteiger partial charge >= 0.3 is 6.18 Å². The Kier molecular flexibility index (Phi) is 3.75. The molecule has 0 aromatic carbocycles. The summed E-state index contributed by atoms with van der Waals surface area (Å²) in [5.74, 6) is 0.563. The predicted molar refractivity (Wildman–Crippen MR) is 65.7 cm³/mol. The van der Waals surface area contributed by atoms with Crippen molar-refractivity contribution in [1.29, 1.82) is 0 Å². The van der Waals surface area contributed by atoms with Crippen molar-refractivity contribution < 1.29 is 13.2 Å². The van der Waals surface area contributed by atoms with Crippen molar-refractivity contribution in [2.75, 3.05) is 6.54 Å². The van der Waals surface area contributed by atoms with Gasteiger partial charge in [-0.25, -0.2) is 9.97 Å². The Labute approximate surface area is 108 Å². The molecule has 2 heterocycles. The largest absolute Gasteiger partial charge is 0.401 e. The molecule has 19 heavy (non-hydrogen) atoms. The molecule has 2 aromatic rings. The second-order valence-corrected chi connectivity index (χ2v) is 4.56. The molecule has 2 rings (SSSR count). The van der Waals surface area contributed by atoms with Crippen molar-refractivity contribution in [3.8, 4) is 0 Å². The van der Waals surface area contributed by atoms with Gasteiger partial charge in [-0.1, -0.05) is 0 Å². The fraction of sp³-hybridized carbons (Fsp3) is 0.500. The first-order chi connectivity index (χ1) is 8.88. The summed E-state index contributed by atoms with van der Waals surface area (Å²) in [5.41, 5.74) is 1.39. The molecule has 0 atom stereocenters. The highest BCUT2D eigenvalue weighted by molar-refractivity contribution is 5.71. The minimum Gasteiger partial charge on any atom is -0.309 e. The molecule has 0 unspecified atom stereocenters. The Morgan fingerprint density at radius 1 is 1.37 bits per heavy atom. The standard InChI is InChI=1S/C12H15F3N4/c1-8(2)19-10(6-16-7-12(13,14)15)18-9-4-3-5-17-11(9)19/h3-5,8,16H,6-7H2,1-2H3. The van der Waals surface area contributed by atoms with Crippen molar-refractivity contribution in [2.45, 2.75) is 32.6 Å². The van der Waals surface area contributed by atoms with Crippen LogP contribution >= 0.6 is 0 Å². The number of hydrogen-bond donors (Lipinski definition) is 1. The van der Waals surface area contributed by atoms with E-state index >= 15 is 0 Å². The molecule has 7 heteroatoms. The topological polar surface area (TPSA) is 42.7 Å². The third kappa shape index (κ3) is 3.23. The number of hydrogen-bond acceptors (Lipinski definition) is 3. The quantitative estimate of drug-likeness (QED) is 0.930. The third-order valence-corrected chi connectivity index (χ3v) is 2.65. The molecule has 0 aliphatic carbocycles. The van der Waals surface area contributed by atoms with Gasteiger partial charge in [0, 0.05) is 12.2 Å². The number of halogens is 3. The highest BCUT2D eigenvalue weighted by Crippen LogP contribution is 2.19. The van der Waals surface area contributed by atoms with Crippen LogP contribution < -0.4 is 5.32 Å². The number of imidazole rings is 1. The van der Waals surface area contributed by atoms with Crippen LogP contribution in [0.4, 0.5) is 13.2 Å². The molecule has 2 aromatic heterocycles. The summed E-state index contributed by atoms with van der Waals surface area (Å²) in [5, 5.41) is 2.36. The summed E-state index contributed by atoms with van der Waals surface area (Å²) >= 11 is 0. The van der Waals surface area contributed by atoms with E-state index in [-0.39, 0.29) is 12.6 Å². The molecule has 0 saturated carbocycles. The average molecular weight is 272 g/mol. The average Bonchev–Trinajstić information content (AvgIpc) is 2.65. The molecule has 0 aliphatic rings. The van der Waals surface area contributed by atoms with Crippen LogP contribution in [0.25, 0.3) is 11.2 Å². The summed E-state index contributed by atoms with van der Waals surface area (Å²) in [6.45, 7) is 2.93. The summed E-state index contributed by atoms with van der Waals surface area (Å²) < 4.78 is 38.2. The predicted octanol–water partition coefficient (Wildman–Crippen LogP) is 2.66. The van der Waals surface area contributed by atoms with Crippen molar-refractivity contribution in [2.24, 2.45) is 0 Å². The zero-order valence-electron chi connectivity index (χ0n) is 10.7. The fourth-order valence-electron chi connectivity index (χ4n) is 1.96. The molecule has 1 N–H and O–H groups in total. The summed E-state index contributed by atoms with van der Waals surface area (Å²) in [6.07, 6.45) is -2.57. The lowest BCUT2D eigenvalue weighted by Crippen LogP contribution is -2.29. The van der Waals surface area contributed by atoms with Crippen molar-refractivity contribution >= 4 is 11.2 Å². The van der Waals surface area contributed by atoms with Crippen LogP contribution in [0, 0.1) is 0 Å². The molecule has 0 bridgehead atoms. The summed E-state index contributed by atoms with van der Waals surface area (Å²) in [6, 6.07) is 3.64. The van der Waals surface area contributed by atoms with Gasteiger partial charge in [0.05, 0.1) is 13.1 Å². The van der Waals surface area contributed by atoms with Crippen LogP contribution in [0.15, 0.2) is 18.3 Å². The van der Waals surface area contributed by atoms with Gasteiger partial charge < -0.3 is 9.88 Å². The fourth-order valence-corrected chi connectivity index (χ4v) is 1.96. The van der Waals surface area contributed by atoms with Crippen LogP contribution in [-0.4, -0.2) is 27.3 Å². The first-order valence-electron chi connectivity index (χ1n) is 5.98. The zero-order valence-corrected chi connectivity index (χ0v) is 10.7. The number of alkyl halides is 3. The lowest BCUT2D eigenvalue weighted by molar-refractivity contribution is -0.125. The van der Waals surface area contributed by atoms with Gasteiger partial charge in [-0.2, -0.15) is 13.2 Å². The highest BCUT2D eigenvalue weighted by atomic mass is 19.4. The summed E-state index contributed by atoms with van der Waals surface area (Å²) in [4.78, 5) is 8.55. The normalized spacial score (nSPS) is 12.5. The Hall–Kier alpha value is -1.63. The maximum Gasteiger partial charge on any atom is 0.401 e. The van der Waals surface area contributed by atoms with E-state index in [9.17, 15) is 13.2 Å². The number of nitrogens with zero attached hydrogens (tertiary/aromatic N) is 3. The second kappa shape index (κ2) is 5.16. The molecule has 0 amide bonds. The van der Waals surface area contributed by atoms with Crippen LogP contribution in [0.3, 0.4) is 0 Å². The van der Waals surface area contributed by atoms with Gasteiger partial charge in [0.2, 0.25) is 0 Å². The van der Waals surface area contributed by atoms with E-state index in [0.29, 0.717) is 17.0 Å².